The molecule has 1 fully saturated rings. The maximum Gasteiger partial charge on any atom is 0.141 e. The molecule has 0 heterocycles. The molecular weight excluding hydrogens is 194 g/mol. The van der Waals surface area contributed by atoms with Gasteiger partial charge in [0, 0.05) is 13.0 Å². The van der Waals surface area contributed by atoms with Gasteiger partial charge in [-0.25, -0.2) is 0 Å². The molecule has 0 aliphatic heterocycles. The molecule has 0 amide bonds. The Bertz CT molecular complexity index is 108. The Morgan fingerprint density at radius 2 is 1.30 bits per heavy atom. The van der Waals surface area contributed by atoms with Crippen LogP contribution in [0.2, 0.25) is 0 Å². The van der Waals surface area contributed by atoms with Crippen LogP contribution in [-0.2, 0) is 0 Å². The number of halogens is 3. The topological polar surface area (TPSA) is 20.2 Å². The average molecular weight is 206 g/mol. The van der Waals surface area contributed by atoms with Crippen LogP contribution in [0.15, 0.2) is 0 Å². The van der Waals surface area contributed by atoms with Crippen LogP contribution in [0.5, 0.6) is 0 Å². The Morgan fingerprint density at radius 3 is 1.30 bits per heavy atom. The largest absolute Gasteiger partial charge is 0.400 e. The van der Waals surface area contributed by atoms with E-state index in [0.717, 1.165) is 7.11 Å². The normalized spacial score (nSPS) is 41.7. The maximum atomic E-state index is 7.00. The van der Waals surface area contributed by atoms with Crippen molar-refractivity contribution in [3.8, 4) is 0 Å². The van der Waals surface area contributed by atoms with Crippen LogP contribution in [0.25, 0.3) is 0 Å². The first-order valence-corrected chi connectivity index (χ1v) is 4.05. The number of aliphatic hydroxyl groups is 1. The lowest BCUT2D eigenvalue weighted by Gasteiger charge is -1.96. The van der Waals surface area contributed by atoms with E-state index in [0.29, 0.717) is 0 Å². The van der Waals surface area contributed by atoms with E-state index in [9.17, 15) is 0 Å². The van der Waals surface area contributed by atoms with Gasteiger partial charge in [0.1, 0.15) is 4.33 Å². The molecule has 1 aliphatic rings. The zero-order chi connectivity index (χ0) is 8.58. The molecule has 1 rings (SSSR count). The zero-order valence-electron chi connectivity index (χ0n) is 6.16. The zero-order valence-corrected chi connectivity index (χ0v) is 8.43. The summed E-state index contributed by atoms with van der Waals surface area (Å²) >= 11 is 17.3. The molecule has 0 unspecified atom stereocenters. The summed E-state index contributed by atoms with van der Waals surface area (Å²) in [7, 11) is 1.00. The van der Waals surface area contributed by atoms with Crippen molar-refractivity contribution in [1.82, 2.24) is 0 Å². The highest BCUT2D eigenvalue weighted by atomic mass is 35.5. The monoisotopic (exact) mass is 204 g/mol. The Hall–Kier alpha value is 0.830. The van der Waals surface area contributed by atoms with Crippen molar-refractivity contribution in [2.24, 2.45) is 5.92 Å². The molecule has 1 nitrogen and oxygen atoms in total. The molecule has 0 aromatic carbocycles. The maximum absolute atomic E-state index is 7.00. The van der Waals surface area contributed by atoms with E-state index in [1.165, 1.54) is 0 Å². The van der Waals surface area contributed by atoms with Gasteiger partial charge in [-0.2, -0.15) is 0 Å². The molecule has 0 saturated heterocycles. The lowest BCUT2D eigenvalue weighted by molar-refractivity contribution is 0.399. The van der Waals surface area contributed by atoms with Crippen molar-refractivity contribution in [2.45, 2.75) is 23.1 Å². The Morgan fingerprint density at radius 1 is 1.20 bits per heavy atom. The molecule has 0 radical (unpaired) electrons. The number of alkyl halides is 3. The lowest BCUT2D eigenvalue weighted by Crippen LogP contribution is -2.00. The minimum absolute atomic E-state index is 0.208. The standard InChI is InChI=1S/C5H7Cl3.CH4O/c1-3-4(2,6)5(3,7)8;1-2/h3H,1-2H3;2H,1H3/t3-,4+;/m1./s1. The summed E-state index contributed by atoms with van der Waals surface area (Å²) < 4.78 is -0.686. The van der Waals surface area contributed by atoms with Gasteiger partial charge >= 0.3 is 0 Å². The van der Waals surface area contributed by atoms with Crippen molar-refractivity contribution in [3.63, 3.8) is 0 Å². The van der Waals surface area contributed by atoms with Crippen LogP contribution in [-0.4, -0.2) is 21.4 Å². The van der Waals surface area contributed by atoms with E-state index in [1.54, 1.807) is 0 Å². The first-order chi connectivity index (χ1) is 4.40. The fourth-order valence-electron chi connectivity index (χ4n) is 0.696. The highest BCUT2D eigenvalue weighted by molar-refractivity contribution is 6.58. The quantitative estimate of drug-likeness (QED) is 0.602. The van der Waals surface area contributed by atoms with Crippen LogP contribution >= 0.6 is 34.8 Å². The summed E-state index contributed by atoms with van der Waals surface area (Å²) in [6, 6.07) is 0. The van der Waals surface area contributed by atoms with Crippen molar-refractivity contribution in [2.75, 3.05) is 7.11 Å². The van der Waals surface area contributed by atoms with Crippen molar-refractivity contribution in [3.05, 3.63) is 0 Å². The summed E-state index contributed by atoms with van der Waals surface area (Å²) in [5, 5.41) is 7.00. The fraction of sp³-hybridized carbons (Fsp3) is 1.00. The Kier molecular flexibility index (Phi) is 3.31. The minimum Gasteiger partial charge on any atom is -0.400 e. The van der Waals surface area contributed by atoms with Crippen LogP contribution in [0.3, 0.4) is 0 Å². The van der Waals surface area contributed by atoms with Crippen LogP contribution in [0.4, 0.5) is 0 Å². The SMILES string of the molecule is CO.C[C@H]1C(Cl)(Cl)[C@@]1(C)Cl. The molecular formula is C6H11Cl3O. The second-order valence-corrected chi connectivity index (χ2v) is 4.59. The molecule has 0 aromatic heterocycles. The Labute approximate surface area is 76.3 Å². The molecule has 2 atom stereocenters. The lowest BCUT2D eigenvalue weighted by atomic mass is 10.4. The van der Waals surface area contributed by atoms with E-state index in [1.807, 2.05) is 13.8 Å². The van der Waals surface area contributed by atoms with Crippen LogP contribution < -0.4 is 0 Å². The summed E-state index contributed by atoms with van der Waals surface area (Å²) in [4.78, 5) is -0.393. The predicted molar refractivity (Wildman–Crippen MR) is 46.0 cm³/mol. The third-order valence-corrected chi connectivity index (χ3v) is 4.18. The van der Waals surface area contributed by atoms with Gasteiger partial charge in [-0.3, -0.25) is 0 Å². The molecule has 62 valence electrons. The number of hydrogen-bond donors (Lipinski definition) is 1. The Balaban J connectivity index is 0.000000371. The second-order valence-electron chi connectivity index (χ2n) is 2.42. The van der Waals surface area contributed by atoms with Crippen LogP contribution in [0.1, 0.15) is 13.8 Å². The third kappa shape index (κ3) is 1.38. The van der Waals surface area contributed by atoms with Crippen molar-refractivity contribution < 1.29 is 5.11 Å². The van der Waals surface area contributed by atoms with Crippen LogP contribution in [0, 0.1) is 5.92 Å². The average Bonchev–Trinajstić information content (AvgIpc) is 2.20. The highest BCUT2D eigenvalue weighted by Gasteiger charge is 2.70. The molecule has 0 bridgehead atoms. The van der Waals surface area contributed by atoms with Gasteiger partial charge in [0.25, 0.3) is 0 Å². The van der Waals surface area contributed by atoms with Gasteiger partial charge in [0.05, 0.1) is 4.87 Å². The third-order valence-electron chi connectivity index (χ3n) is 1.93. The van der Waals surface area contributed by atoms with E-state index < -0.39 is 9.21 Å². The molecule has 10 heavy (non-hydrogen) atoms. The van der Waals surface area contributed by atoms with Gasteiger partial charge in [-0.05, 0) is 6.92 Å². The predicted octanol–water partition coefficient (Wildman–Crippen LogP) is 2.42. The summed E-state index contributed by atoms with van der Waals surface area (Å²) in [5.41, 5.74) is 0. The molecule has 4 heteroatoms. The van der Waals surface area contributed by atoms with Gasteiger partial charge in [-0.1, -0.05) is 30.1 Å². The second kappa shape index (κ2) is 3.06. The van der Waals surface area contributed by atoms with Crippen molar-refractivity contribution in [1.29, 1.82) is 0 Å². The van der Waals surface area contributed by atoms with E-state index in [-0.39, 0.29) is 5.92 Å². The van der Waals surface area contributed by atoms with E-state index >= 15 is 0 Å². The van der Waals surface area contributed by atoms with Crippen molar-refractivity contribution >= 4 is 34.8 Å². The number of aliphatic hydroxyl groups excluding tert-OH is 1. The number of rotatable bonds is 0. The van der Waals surface area contributed by atoms with Gasteiger partial charge in [-0.15, -0.1) is 11.6 Å². The first-order valence-electron chi connectivity index (χ1n) is 2.92. The molecule has 0 aromatic rings. The highest BCUT2D eigenvalue weighted by Crippen LogP contribution is 2.65. The van der Waals surface area contributed by atoms with E-state index in [4.69, 9.17) is 39.9 Å². The van der Waals surface area contributed by atoms with Gasteiger partial charge < -0.3 is 5.11 Å². The van der Waals surface area contributed by atoms with Gasteiger partial charge in [0.15, 0.2) is 0 Å². The molecule has 1 N–H and O–H groups in total. The smallest absolute Gasteiger partial charge is 0.141 e. The number of hydrogen-bond acceptors (Lipinski definition) is 1. The fourth-order valence-corrected chi connectivity index (χ4v) is 1.73. The summed E-state index contributed by atoms with van der Waals surface area (Å²) in [5.74, 6) is 0.208. The summed E-state index contributed by atoms with van der Waals surface area (Å²) in [6.07, 6.45) is 0. The van der Waals surface area contributed by atoms with Gasteiger partial charge in [0.2, 0.25) is 0 Å². The molecule has 0 spiro atoms. The summed E-state index contributed by atoms with van der Waals surface area (Å²) in [6.45, 7) is 3.78. The first kappa shape index (κ1) is 10.8. The molecule has 1 aliphatic carbocycles. The van der Waals surface area contributed by atoms with E-state index in [2.05, 4.69) is 0 Å². The molecule has 1 saturated carbocycles. The minimum atomic E-state index is -0.686.